The predicted octanol–water partition coefficient (Wildman–Crippen LogP) is 4.69. The molecular formula is C16H25NS. The molecule has 4 fully saturated rings. The van der Waals surface area contributed by atoms with Gasteiger partial charge in [0.05, 0.1) is 0 Å². The van der Waals surface area contributed by atoms with Crippen molar-refractivity contribution < 1.29 is 0 Å². The third-order valence-corrected chi connectivity index (χ3v) is 7.95. The lowest BCUT2D eigenvalue weighted by Crippen LogP contribution is -2.57. The summed E-state index contributed by atoms with van der Waals surface area (Å²) < 4.78 is 0. The van der Waals surface area contributed by atoms with Gasteiger partial charge in [0, 0.05) is 5.25 Å². The van der Waals surface area contributed by atoms with Gasteiger partial charge in [0.1, 0.15) is 5.40 Å². The van der Waals surface area contributed by atoms with Gasteiger partial charge in [-0.25, -0.2) is 0 Å². The molecule has 1 nitrogen and oxygen atoms in total. The highest BCUT2D eigenvalue weighted by molar-refractivity contribution is 8.04. The molecule has 4 aliphatic rings. The van der Waals surface area contributed by atoms with Crippen molar-refractivity contribution >= 4 is 11.8 Å². The fraction of sp³-hybridized carbons (Fsp3) is 0.938. The van der Waals surface area contributed by atoms with Crippen LogP contribution in [0.3, 0.4) is 0 Å². The third-order valence-electron chi connectivity index (χ3n) is 6.71. The van der Waals surface area contributed by atoms with E-state index in [1.54, 1.807) is 11.8 Å². The molecule has 4 rings (SSSR count). The minimum absolute atomic E-state index is 0.448. The van der Waals surface area contributed by atoms with Crippen LogP contribution in [0.2, 0.25) is 0 Å². The summed E-state index contributed by atoms with van der Waals surface area (Å²) in [6, 6.07) is 0. The molecule has 4 aliphatic carbocycles. The van der Waals surface area contributed by atoms with E-state index >= 15 is 0 Å². The normalized spacial score (nSPS) is 53.8. The van der Waals surface area contributed by atoms with Crippen LogP contribution in [0.25, 0.3) is 0 Å². The molecule has 0 unspecified atom stereocenters. The maximum absolute atomic E-state index is 9.19. The molecule has 4 saturated carbocycles. The van der Waals surface area contributed by atoms with E-state index in [1.807, 2.05) is 0 Å². The van der Waals surface area contributed by atoms with Crippen LogP contribution in [0, 0.1) is 45.2 Å². The van der Waals surface area contributed by atoms with Gasteiger partial charge in [0.25, 0.3) is 0 Å². The molecule has 0 aromatic carbocycles. The number of nitrogens with zero attached hydrogens (tertiary/aromatic N) is 1. The zero-order valence-electron chi connectivity index (χ0n) is 12.1. The number of fused-ring (bicyclic) bond motifs is 1. The predicted molar refractivity (Wildman–Crippen MR) is 77.0 cm³/mol. The SMILES string of the molecule is CC(C)[C@@H]1C[C@H]2[C@]3(C)CC[C@@]2(C)[C@H](SC#N)[C@H]1C3. The summed E-state index contributed by atoms with van der Waals surface area (Å²) in [6.07, 6.45) is 5.57. The van der Waals surface area contributed by atoms with Crippen molar-refractivity contribution in [3.05, 3.63) is 0 Å². The summed E-state index contributed by atoms with van der Waals surface area (Å²) in [5.41, 5.74) is 1.04. The largest absolute Gasteiger partial charge is 0.185 e. The smallest absolute Gasteiger partial charge is 0.133 e. The van der Waals surface area contributed by atoms with Crippen LogP contribution in [-0.2, 0) is 0 Å². The maximum Gasteiger partial charge on any atom is 0.133 e. The number of thiocyanates is 1. The highest BCUT2D eigenvalue weighted by Crippen LogP contribution is 2.72. The Hall–Kier alpha value is -0.160. The van der Waals surface area contributed by atoms with Crippen molar-refractivity contribution in [2.24, 2.45) is 34.5 Å². The van der Waals surface area contributed by atoms with Crippen molar-refractivity contribution in [1.29, 1.82) is 5.26 Å². The van der Waals surface area contributed by atoms with Gasteiger partial charge in [-0.2, -0.15) is 5.26 Å². The molecule has 0 radical (unpaired) electrons. The van der Waals surface area contributed by atoms with Crippen LogP contribution in [-0.4, -0.2) is 5.25 Å². The molecule has 0 amide bonds. The van der Waals surface area contributed by atoms with E-state index < -0.39 is 0 Å². The number of nitriles is 1. The van der Waals surface area contributed by atoms with Crippen LogP contribution >= 0.6 is 11.8 Å². The summed E-state index contributed by atoms with van der Waals surface area (Å²) in [7, 11) is 0. The Morgan fingerprint density at radius 1 is 1.28 bits per heavy atom. The maximum atomic E-state index is 9.19. The summed E-state index contributed by atoms with van der Waals surface area (Å²) in [5, 5.41) is 12.2. The molecule has 0 saturated heterocycles. The molecular weight excluding hydrogens is 238 g/mol. The number of rotatable bonds is 2. The van der Waals surface area contributed by atoms with Crippen LogP contribution in [0.15, 0.2) is 0 Å². The monoisotopic (exact) mass is 263 g/mol. The Labute approximate surface area is 116 Å². The van der Waals surface area contributed by atoms with Gasteiger partial charge in [0.2, 0.25) is 0 Å². The fourth-order valence-corrected chi connectivity index (χ4v) is 6.98. The average Bonchev–Trinajstić information content (AvgIpc) is 2.52. The van der Waals surface area contributed by atoms with E-state index in [0.29, 0.717) is 16.1 Å². The van der Waals surface area contributed by atoms with Gasteiger partial charge in [0.15, 0.2) is 0 Å². The molecule has 0 N–H and O–H groups in total. The van der Waals surface area contributed by atoms with E-state index in [2.05, 4.69) is 33.1 Å². The van der Waals surface area contributed by atoms with E-state index in [4.69, 9.17) is 0 Å². The van der Waals surface area contributed by atoms with E-state index in [9.17, 15) is 5.26 Å². The summed E-state index contributed by atoms with van der Waals surface area (Å²) >= 11 is 1.60. The van der Waals surface area contributed by atoms with E-state index in [-0.39, 0.29) is 0 Å². The lowest BCUT2D eigenvalue weighted by molar-refractivity contribution is -0.0757. The highest BCUT2D eigenvalue weighted by Gasteiger charge is 2.66. The topological polar surface area (TPSA) is 23.8 Å². The molecule has 0 aromatic rings. The first kappa shape index (κ1) is 12.9. The first-order valence-corrected chi connectivity index (χ1v) is 8.35. The average molecular weight is 263 g/mol. The van der Waals surface area contributed by atoms with E-state index in [0.717, 1.165) is 23.7 Å². The molecule has 2 heteroatoms. The van der Waals surface area contributed by atoms with Crippen molar-refractivity contribution in [3.8, 4) is 5.40 Å². The van der Waals surface area contributed by atoms with Gasteiger partial charge >= 0.3 is 0 Å². The summed E-state index contributed by atoms with van der Waals surface area (Å²) in [5.74, 6) is 3.30. The summed E-state index contributed by atoms with van der Waals surface area (Å²) in [6.45, 7) is 9.78. The zero-order valence-corrected chi connectivity index (χ0v) is 12.9. The Balaban J connectivity index is 2.00. The Morgan fingerprint density at radius 2 is 2.00 bits per heavy atom. The van der Waals surface area contributed by atoms with Gasteiger partial charge in [-0.15, -0.1) is 0 Å². The van der Waals surface area contributed by atoms with Crippen molar-refractivity contribution in [3.63, 3.8) is 0 Å². The Bertz CT molecular complexity index is 398. The third kappa shape index (κ3) is 1.46. The van der Waals surface area contributed by atoms with E-state index in [1.165, 1.54) is 25.7 Å². The Kier molecular flexibility index (Phi) is 2.80. The summed E-state index contributed by atoms with van der Waals surface area (Å²) in [4.78, 5) is 0. The molecule has 0 aliphatic heterocycles. The Morgan fingerprint density at radius 3 is 2.61 bits per heavy atom. The first-order chi connectivity index (χ1) is 8.42. The van der Waals surface area contributed by atoms with Gasteiger partial charge in [-0.3, -0.25) is 0 Å². The van der Waals surface area contributed by atoms with Crippen LogP contribution in [0.1, 0.15) is 53.4 Å². The van der Waals surface area contributed by atoms with Gasteiger partial charge in [-0.05, 0) is 71.9 Å². The molecule has 18 heavy (non-hydrogen) atoms. The molecule has 4 bridgehead atoms. The van der Waals surface area contributed by atoms with Crippen molar-refractivity contribution in [1.82, 2.24) is 0 Å². The molecule has 0 heterocycles. The zero-order chi connectivity index (χ0) is 13.1. The first-order valence-electron chi connectivity index (χ1n) is 7.47. The number of hydrogen-bond acceptors (Lipinski definition) is 2. The van der Waals surface area contributed by atoms with Gasteiger partial charge in [-0.1, -0.05) is 27.7 Å². The number of hydrogen-bond donors (Lipinski definition) is 0. The fourth-order valence-electron chi connectivity index (χ4n) is 5.84. The van der Waals surface area contributed by atoms with Crippen LogP contribution in [0.5, 0.6) is 0 Å². The lowest BCUT2D eigenvalue weighted by atomic mass is 9.47. The molecule has 0 spiro atoms. The van der Waals surface area contributed by atoms with Crippen molar-refractivity contribution in [2.75, 3.05) is 0 Å². The highest BCUT2D eigenvalue weighted by atomic mass is 32.2. The minimum atomic E-state index is 0.448. The molecule has 0 aromatic heterocycles. The van der Waals surface area contributed by atoms with Crippen LogP contribution < -0.4 is 0 Å². The lowest BCUT2D eigenvalue weighted by Gasteiger charge is -2.61. The molecule has 6 atom stereocenters. The quantitative estimate of drug-likeness (QED) is 0.675. The van der Waals surface area contributed by atoms with Crippen LogP contribution in [0.4, 0.5) is 0 Å². The number of thioether (sulfide) groups is 1. The second-order valence-corrected chi connectivity index (χ2v) is 8.78. The standard InChI is InChI=1S/C16H25NS/c1-10(2)11-7-13-15(3)5-6-16(13,4)14(18-9-17)12(11)8-15/h10-14H,5-8H2,1-4H3/t11-,12-,13-,14+,15+,16+/m0/s1. The van der Waals surface area contributed by atoms with Crippen molar-refractivity contribution in [2.45, 2.75) is 58.6 Å². The van der Waals surface area contributed by atoms with Gasteiger partial charge < -0.3 is 0 Å². The second kappa shape index (κ2) is 3.92. The molecule has 100 valence electrons. The minimum Gasteiger partial charge on any atom is -0.185 e. The second-order valence-electron chi connectivity index (χ2n) is 7.85.